The Morgan fingerprint density at radius 3 is 2.78 bits per heavy atom. The predicted molar refractivity (Wildman–Crippen MR) is 62.2 cm³/mol. The SMILES string of the molecule is Cc1ccnc(-n2ncc(C#N)c2S(N)(=O)=O)c1. The number of hydrogen-bond donors (Lipinski definition) is 1. The van der Waals surface area contributed by atoms with Crippen LogP contribution in [0.2, 0.25) is 0 Å². The van der Waals surface area contributed by atoms with Gasteiger partial charge in [-0.25, -0.2) is 23.2 Å². The lowest BCUT2D eigenvalue weighted by molar-refractivity contribution is 0.586. The fraction of sp³-hybridized carbons (Fsp3) is 0.100. The normalized spacial score (nSPS) is 11.2. The van der Waals surface area contributed by atoms with Crippen LogP contribution >= 0.6 is 0 Å². The molecule has 2 rings (SSSR count). The van der Waals surface area contributed by atoms with E-state index in [2.05, 4.69) is 10.1 Å². The molecule has 8 heteroatoms. The number of hydrogen-bond acceptors (Lipinski definition) is 5. The molecular formula is C10H9N5O2S. The molecule has 0 saturated heterocycles. The van der Waals surface area contributed by atoms with E-state index < -0.39 is 10.0 Å². The second-order valence-electron chi connectivity index (χ2n) is 3.62. The number of rotatable bonds is 2. The quantitative estimate of drug-likeness (QED) is 0.824. The van der Waals surface area contributed by atoms with Gasteiger partial charge in [-0.3, -0.25) is 0 Å². The molecule has 0 atom stereocenters. The average Bonchev–Trinajstić information content (AvgIpc) is 2.72. The lowest BCUT2D eigenvalue weighted by Crippen LogP contribution is -2.19. The molecule has 0 saturated carbocycles. The van der Waals surface area contributed by atoms with Crippen molar-refractivity contribution in [1.82, 2.24) is 14.8 Å². The van der Waals surface area contributed by atoms with Crippen LogP contribution in [-0.4, -0.2) is 23.2 Å². The fourth-order valence-electron chi connectivity index (χ4n) is 1.49. The van der Waals surface area contributed by atoms with E-state index >= 15 is 0 Å². The summed E-state index contributed by atoms with van der Waals surface area (Å²) in [5, 5.41) is 17.4. The molecular weight excluding hydrogens is 254 g/mol. The molecule has 0 spiro atoms. The first-order valence-electron chi connectivity index (χ1n) is 4.87. The third kappa shape index (κ3) is 2.09. The molecule has 0 fully saturated rings. The zero-order valence-corrected chi connectivity index (χ0v) is 10.2. The Morgan fingerprint density at radius 2 is 2.22 bits per heavy atom. The van der Waals surface area contributed by atoms with Crippen molar-refractivity contribution < 1.29 is 8.42 Å². The first-order valence-corrected chi connectivity index (χ1v) is 6.42. The molecule has 92 valence electrons. The minimum atomic E-state index is -4.06. The van der Waals surface area contributed by atoms with Crippen molar-refractivity contribution >= 4 is 10.0 Å². The summed E-state index contributed by atoms with van der Waals surface area (Å²) in [6, 6.07) is 5.14. The van der Waals surface area contributed by atoms with Gasteiger partial charge >= 0.3 is 0 Å². The van der Waals surface area contributed by atoms with Crippen molar-refractivity contribution in [2.24, 2.45) is 5.14 Å². The highest BCUT2D eigenvalue weighted by molar-refractivity contribution is 7.89. The summed E-state index contributed by atoms with van der Waals surface area (Å²) in [6.07, 6.45) is 2.66. The second kappa shape index (κ2) is 4.21. The summed E-state index contributed by atoms with van der Waals surface area (Å²) in [5.74, 6) is 0.292. The molecule has 7 nitrogen and oxygen atoms in total. The molecule has 0 amide bonds. The molecule has 0 aromatic carbocycles. The monoisotopic (exact) mass is 263 g/mol. The highest BCUT2D eigenvalue weighted by Crippen LogP contribution is 2.17. The summed E-state index contributed by atoms with van der Waals surface area (Å²) < 4.78 is 24.0. The van der Waals surface area contributed by atoms with Crippen LogP contribution in [0, 0.1) is 18.3 Å². The van der Waals surface area contributed by atoms with E-state index in [4.69, 9.17) is 10.4 Å². The fourth-order valence-corrected chi connectivity index (χ4v) is 2.27. The molecule has 0 aliphatic heterocycles. The van der Waals surface area contributed by atoms with Gasteiger partial charge in [-0.15, -0.1) is 0 Å². The molecule has 0 unspecified atom stereocenters. The first-order chi connectivity index (χ1) is 8.43. The van der Waals surface area contributed by atoms with Crippen molar-refractivity contribution in [3.8, 4) is 11.9 Å². The van der Waals surface area contributed by atoms with Gasteiger partial charge in [0.2, 0.25) is 0 Å². The molecule has 0 radical (unpaired) electrons. The Bertz CT molecular complexity index is 742. The highest BCUT2D eigenvalue weighted by Gasteiger charge is 2.22. The zero-order valence-electron chi connectivity index (χ0n) is 9.40. The third-order valence-electron chi connectivity index (χ3n) is 2.23. The van der Waals surface area contributed by atoms with Crippen LogP contribution in [-0.2, 0) is 10.0 Å². The Hall–Kier alpha value is -2.24. The topological polar surface area (TPSA) is 115 Å². The van der Waals surface area contributed by atoms with Gasteiger partial charge in [0, 0.05) is 6.20 Å². The Balaban J connectivity index is 2.75. The van der Waals surface area contributed by atoms with Gasteiger partial charge in [-0.1, -0.05) is 0 Å². The number of sulfonamides is 1. The van der Waals surface area contributed by atoms with Crippen LogP contribution in [0.3, 0.4) is 0 Å². The van der Waals surface area contributed by atoms with Gasteiger partial charge in [0.15, 0.2) is 10.8 Å². The van der Waals surface area contributed by atoms with Crippen LogP contribution in [0.5, 0.6) is 0 Å². The molecule has 0 aliphatic carbocycles. The van der Waals surface area contributed by atoms with Crippen molar-refractivity contribution in [3.63, 3.8) is 0 Å². The standard InChI is InChI=1S/C10H9N5O2S/c1-7-2-3-13-9(4-7)15-10(18(12,16)17)8(5-11)6-14-15/h2-4,6H,1H3,(H2,12,16,17). The lowest BCUT2D eigenvalue weighted by Gasteiger charge is -2.05. The maximum Gasteiger partial charge on any atom is 0.257 e. The summed E-state index contributed by atoms with van der Waals surface area (Å²) >= 11 is 0. The Labute approximate surface area is 104 Å². The Kier molecular flexibility index (Phi) is 2.86. The van der Waals surface area contributed by atoms with Crippen molar-refractivity contribution in [2.45, 2.75) is 11.9 Å². The number of pyridine rings is 1. The van der Waals surface area contributed by atoms with E-state index in [0.717, 1.165) is 16.4 Å². The third-order valence-corrected chi connectivity index (χ3v) is 3.16. The van der Waals surface area contributed by atoms with E-state index in [-0.39, 0.29) is 10.6 Å². The van der Waals surface area contributed by atoms with Gasteiger partial charge in [0.1, 0.15) is 11.6 Å². The molecule has 18 heavy (non-hydrogen) atoms. The van der Waals surface area contributed by atoms with E-state index in [1.807, 2.05) is 6.92 Å². The van der Waals surface area contributed by atoms with Gasteiger partial charge in [0.25, 0.3) is 10.0 Å². The lowest BCUT2D eigenvalue weighted by atomic mass is 10.3. The maximum absolute atomic E-state index is 11.5. The van der Waals surface area contributed by atoms with Crippen LogP contribution in [0.1, 0.15) is 11.1 Å². The number of aryl methyl sites for hydroxylation is 1. The van der Waals surface area contributed by atoms with E-state index in [1.54, 1.807) is 18.2 Å². The van der Waals surface area contributed by atoms with Crippen molar-refractivity contribution in [3.05, 3.63) is 35.7 Å². The Morgan fingerprint density at radius 1 is 1.50 bits per heavy atom. The summed E-state index contributed by atoms with van der Waals surface area (Å²) in [7, 11) is -4.06. The van der Waals surface area contributed by atoms with E-state index in [0.29, 0.717) is 5.82 Å². The minimum absolute atomic E-state index is 0.110. The van der Waals surface area contributed by atoms with Crippen molar-refractivity contribution in [2.75, 3.05) is 0 Å². The average molecular weight is 263 g/mol. The van der Waals surface area contributed by atoms with Crippen LogP contribution in [0.4, 0.5) is 0 Å². The maximum atomic E-state index is 11.5. The second-order valence-corrected chi connectivity index (χ2v) is 5.10. The van der Waals surface area contributed by atoms with Gasteiger partial charge < -0.3 is 0 Å². The van der Waals surface area contributed by atoms with E-state index in [1.165, 1.54) is 6.20 Å². The van der Waals surface area contributed by atoms with Crippen LogP contribution < -0.4 is 5.14 Å². The largest absolute Gasteiger partial charge is 0.257 e. The predicted octanol–water partition coefficient (Wildman–Crippen LogP) is 0.0948. The molecule has 0 bridgehead atoms. The molecule has 2 aromatic rings. The zero-order chi connectivity index (χ0) is 13.3. The van der Waals surface area contributed by atoms with Crippen LogP contribution in [0.25, 0.3) is 5.82 Å². The van der Waals surface area contributed by atoms with Gasteiger partial charge in [-0.05, 0) is 24.6 Å². The molecule has 2 aromatic heterocycles. The summed E-state index contributed by atoms with van der Waals surface area (Å²) in [4.78, 5) is 4.00. The first kappa shape index (κ1) is 12.2. The van der Waals surface area contributed by atoms with Crippen LogP contribution in [0.15, 0.2) is 29.6 Å². The highest BCUT2D eigenvalue weighted by atomic mass is 32.2. The molecule has 2 N–H and O–H groups in total. The smallest absolute Gasteiger partial charge is 0.237 e. The molecule has 2 heterocycles. The number of primary sulfonamides is 1. The minimum Gasteiger partial charge on any atom is -0.237 e. The van der Waals surface area contributed by atoms with Crippen molar-refractivity contribution in [1.29, 1.82) is 5.26 Å². The summed E-state index contributed by atoms with van der Waals surface area (Å²) in [5.41, 5.74) is 0.773. The summed E-state index contributed by atoms with van der Waals surface area (Å²) in [6.45, 7) is 1.83. The van der Waals surface area contributed by atoms with Gasteiger partial charge in [0.05, 0.1) is 6.20 Å². The number of nitrogens with zero attached hydrogens (tertiary/aromatic N) is 4. The van der Waals surface area contributed by atoms with Gasteiger partial charge in [-0.2, -0.15) is 10.4 Å². The molecule has 0 aliphatic rings. The van der Waals surface area contributed by atoms with E-state index in [9.17, 15) is 8.42 Å². The number of nitriles is 1. The number of aromatic nitrogens is 3. The number of nitrogens with two attached hydrogens (primary N) is 1.